The molecule has 0 aliphatic carbocycles. The lowest BCUT2D eigenvalue weighted by Gasteiger charge is -2.25. The second-order valence-electron chi connectivity index (χ2n) is 6.35. The largest absolute Gasteiger partial charge is 0.317 e. The van der Waals surface area contributed by atoms with Gasteiger partial charge >= 0.3 is 0 Å². The van der Waals surface area contributed by atoms with Gasteiger partial charge in [-0.05, 0) is 64.5 Å². The zero-order valence-corrected chi connectivity index (χ0v) is 12.4. The van der Waals surface area contributed by atoms with Gasteiger partial charge < -0.3 is 5.32 Å². The number of fused-ring (bicyclic) bond motifs is 1. The van der Waals surface area contributed by atoms with Crippen LogP contribution < -0.4 is 10.9 Å². The van der Waals surface area contributed by atoms with E-state index >= 15 is 0 Å². The lowest BCUT2D eigenvalue weighted by atomic mass is 9.92. The highest BCUT2D eigenvalue weighted by Gasteiger charge is 2.19. The number of nitrogens with zero attached hydrogens (tertiary/aromatic N) is 2. The Bertz CT molecular complexity index is 517. The number of hydrogen-bond acceptors (Lipinski definition) is 3. The molecule has 0 bridgehead atoms. The highest BCUT2D eigenvalue weighted by molar-refractivity contribution is 5.08. The SMILES string of the molecule is CC1CCCc2nc(CCC3CCNCC3)cc(=O)n21. The fraction of sp³-hybridized carbons (Fsp3) is 0.750. The van der Waals surface area contributed by atoms with E-state index in [1.165, 1.54) is 19.3 Å². The summed E-state index contributed by atoms with van der Waals surface area (Å²) in [5.74, 6) is 1.81. The molecule has 1 saturated heterocycles. The summed E-state index contributed by atoms with van der Waals surface area (Å²) >= 11 is 0. The molecule has 3 heterocycles. The van der Waals surface area contributed by atoms with Gasteiger partial charge in [-0.2, -0.15) is 0 Å². The predicted molar refractivity (Wildman–Crippen MR) is 80.1 cm³/mol. The first kappa shape index (κ1) is 13.8. The summed E-state index contributed by atoms with van der Waals surface area (Å²) < 4.78 is 1.90. The molecule has 1 unspecified atom stereocenters. The molecule has 110 valence electrons. The smallest absolute Gasteiger partial charge is 0.253 e. The average Bonchev–Trinajstić information content (AvgIpc) is 2.46. The molecule has 4 nitrogen and oxygen atoms in total. The quantitative estimate of drug-likeness (QED) is 0.918. The summed E-state index contributed by atoms with van der Waals surface area (Å²) in [5.41, 5.74) is 1.16. The molecule has 2 aliphatic heterocycles. The highest BCUT2D eigenvalue weighted by atomic mass is 16.1. The lowest BCUT2D eigenvalue weighted by molar-refractivity contribution is 0.352. The Morgan fingerprint density at radius 3 is 2.95 bits per heavy atom. The fourth-order valence-electron chi connectivity index (χ4n) is 3.57. The Kier molecular flexibility index (Phi) is 4.20. The van der Waals surface area contributed by atoms with Crippen molar-refractivity contribution >= 4 is 0 Å². The molecule has 0 spiro atoms. The van der Waals surface area contributed by atoms with Gasteiger partial charge in [0.25, 0.3) is 5.56 Å². The summed E-state index contributed by atoms with van der Waals surface area (Å²) in [4.78, 5) is 17.0. The van der Waals surface area contributed by atoms with Gasteiger partial charge in [-0.3, -0.25) is 9.36 Å². The fourth-order valence-corrected chi connectivity index (χ4v) is 3.57. The van der Waals surface area contributed by atoms with Crippen molar-refractivity contribution in [3.8, 4) is 0 Å². The Labute approximate surface area is 120 Å². The van der Waals surface area contributed by atoms with Gasteiger partial charge in [0.2, 0.25) is 0 Å². The van der Waals surface area contributed by atoms with Crippen LogP contribution in [-0.2, 0) is 12.8 Å². The summed E-state index contributed by atoms with van der Waals surface area (Å²) in [6.45, 7) is 4.41. The summed E-state index contributed by atoms with van der Waals surface area (Å²) in [6.07, 6.45) is 7.88. The van der Waals surface area contributed by atoms with Gasteiger partial charge in [-0.1, -0.05) is 0 Å². The van der Waals surface area contributed by atoms with Crippen LogP contribution in [0, 0.1) is 5.92 Å². The Hall–Kier alpha value is -1.16. The van der Waals surface area contributed by atoms with E-state index in [1.54, 1.807) is 6.07 Å². The van der Waals surface area contributed by atoms with Crippen LogP contribution in [-0.4, -0.2) is 22.6 Å². The third-order valence-corrected chi connectivity index (χ3v) is 4.81. The van der Waals surface area contributed by atoms with Crippen molar-refractivity contribution in [2.75, 3.05) is 13.1 Å². The zero-order chi connectivity index (χ0) is 13.9. The third kappa shape index (κ3) is 2.95. The van der Waals surface area contributed by atoms with E-state index in [2.05, 4.69) is 12.2 Å². The normalized spacial score (nSPS) is 23.6. The topological polar surface area (TPSA) is 46.9 Å². The van der Waals surface area contributed by atoms with Gasteiger partial charge in [0.05, 0.1) is 0 Å². The zero-order valence-electron chi connectivity index (χ0n) is 12.4. The molecule has 0 radical (unpaired) electrons. The van der Waals surface area contributed by atoms with Crippen LogP contribution in [0.1, 0.15) is 56.6 Å². The van der Waals surface area contributed by atoms with E-state index in [-0.39, 0.29) is 5.56 Å². The van der Waals surface area contributed by atoms with Gasteiger partial charge in [0.1, 0.15) is 5.82 Å². The van der Waals surface area contributed by atoms with Crippen LogP contribution in [0.3, 0.4) is 0 Å². The molecule has 3 rings (SSSR count). The first-order valence-corrected chi connectivity index (χ1v) is 8.06. The summed E-state index contributed by atoms with van der Waals surface area (Å²) in [6, 6.07) is 2.09. The van der Waals surface area contributed by atoms with Crippen molar-refractivity contribution in [1.82, 2.24) is 14.9 Å². The maximum atomic E-state index is 12.3. The van der Waals surface area contributed by atoms with E-state index < -0.39 is 0 Å². The molecule has 1 atom stereocenters. The molecule has 0 saturated carbocycles. The maximum Gasteiger partial charge on any atom is 0.253 e. The van der Waals surface area contributed by atoms with E-state index in [1.807, 2.05) is 4.57 Å². The Morgan fingerprint density at radius 1 is 1.35 bits per heavy atom. The Morgan fingerprint density at radius 2 is 2.15 bits per heavy atom. The van der Waals surface area contributed by atoms with E-state index in [0.717, 1.165) is 56.2 Å². The van der Waals surface area contributed by atoms with Crippen LogP contribution in [0.5, 0.6) is 0 Å². The lowest BCUT2D eigenvalue weighted by Crippen LogP contribution is -2.31. The number of rotatable bonds is 3. The monoisotopic (exact) mass is 275 g/mol. The van der Waals surface area contributed by atoms with Crippen LogP contribution in [0.15, 0.2) is 10.9 Å². The van der Waals surface area contributed by atoms with Crippen molar-refractivity contribution < 1.29 is 0 Å². The summed E-state index contributed by atoms with van der Waals surface area (Å²) in [7, 11) is 0. The van der Waals surface area contributed by atoms with Crippen molar-refractivity contribution in [2.45, 2.75) is 57.9 Å². The average molecular weight is 275 g/mol. The van der Waals surface area contributed by atoms with Crippen molar-refractivity contribution in [3.05, 3.63) is 27.9 Å². The second-order valence-corrected chi connectivity index (χ2v) is 6.35. The molecule has 0 amide bonds. The van der Waals surface area contributed by atoms with Crippen LogP contribution >= 0.6 is 0 Å². The molecule has 0 aromatic carbocycles. The van der Waals surface area contributed by atoms with E-state index in [0.29, 0.717) is 6.04 Å². The molecular formula is C16H25N3O. The maximum absolute atomic E-state index is 12.3. The number of nitrogens with one attached hydrogen (secondary N) is 1. The van der Waals surface area contributed by atoms with Gasteiger partial charge in [-0.25, -0.2) is 4.98 Å². The second kappa shape index (κ2) is 6.08. The minimum absolute atomic E-state index is 0.155. The molecule has 1 aromatic heterocycles. The van der Waals surface area contributed by atoms with Gasteiger partial charge in [0, 0.05) is 24.2 Å². The first-order valence-electron chi connectivity index (χ1n) is 8.06. The summed E-state index contributed by atoms with van der Waals surface area (Å²) in [5, 5.41) is 3.40. The number of piperidine rings is 1. The molecular weight excluding hydrogens is 250 g/mol. The van der Waals surface area contributed by atoms with Gasteiger partial charge in [-0.15, -0.1) is 0 Å². The van der Waals surface area contributed by atoms with Crippen molar-refractivity contribution in [1.29, 1.82) is 0 Å². The minimum atomic E-state index is 0.155. The van der Waals surface area contributed by atoms with Crippen LogP contribution in [0.2, 0.25) is 0 Å². The molecule has 4 heteroatoms. The minimum Gasteiger partial charge on any atom is -0.317 e. The van der Waals surface area contributed by atoms with Crippen LogP contribution in [0.25, 0.3) is 0 Å². The van der Waals surface area contributed by atoms with E-state index in [4.69, 9.17) is 4.98 Å². The standard InChI is InChI=1S/C16H25N3O/c1-12-3-2-4-15-18-14(11-16(20)19(12)15)6-5-13-7-9-17-10-8-13/h11-13,17H,2-10H2,1H3. The Balaban J connectivity index is 1.71. The molecule has 1 fully saturated rings. The molecule has 1 aromatic rings. The first-order chi connectivity index (χ1) is 9.74. The van der Waals surface area contributed by atoms with Crippen molar-refractivity contribution in [3.63, 3.8) is 0 Å². The number of aromatic nitrogens is 2. The number of hydrogen-bond donors (Lipinski definition) is 1. The molecule has 2 aliphatic rings. The van der Waals surface area contributed by atoms with E-state index in [9.17, 15) is 4.79 Å². The van der Waals surface area contributed by atoms with Gasteiger partial charge in [0.15, 0.2) is 0 Å². The molecule has 20 heavy (non-hydrogen) atoms. The molecule has 1 N–H and O–H groups in total. The highest BCUT2D eigenvalue weighted by Crippen LogP contribution is 2.22. The predicted octanol–water partition coefficient (Wildman–Crippen LogP) is 2.07. The van der Waals surface area contributed by atoms with Crippen LogP contribution in [0.4, 0.5) is 0 Å². The number of aryl methyl sites for hydroxylation is 2. The third-order valence-electron chi connectivity index (χ3n) is 4.81. The van der Waals surface area contributed by atoms with Crippen molar-refractivity contribution in [2.24, 2.45) is 5.92 Å².